The fourth-order valence-electron chi connectivity index (χ4n) is 5.40. The summed E-state index contributed by atoms with van der Waals surface area (Å²) in [5.41, 5.74) is 8.27. The molecule has 3 atom stereocenters. The third kappa shape index (κ3) is 15.0. The maximum absolute atomic E-state index is 14.2. The molecule has 0 bridgehead atoms. The van der Waals surface area contributed by atoms with Gasteiger partial charge in [-0.25, -0.2) is 0 Å². The summed E-state index contributed by atoms with van der Waals surface area (Å²) < 4.78 is 9.24. The largest absolute Gasteiger partial charge is 0.497 e. The van der Waals surface area contributed by atoms with Gasteiger partial charge in [0.05, 0.1) is 20.3 Å². The van der Waals surface area contributed by atoms with Crippen molar-refractivity contribution >= 4 is 24.2 Å². The Morgan fingerprint density at radius 1 is 1.13 bits per heavy atom. The van der Waals surface area contributed by atoms with Crippen LogP contribution in [0.3, 0.4) is 0 Å². The number of benzene rings is 1. The Morgan fingerprint density at radius 2 is 1.87 bits per heavy atom. The minimum Gasteiger partial charge on any atom is -0.497 e. The molecule has 1 aliphatic carbocycles. The highest BCUT2D eigenvalue weighted by Crippen LogP contribution is 2.19. The van der Waals surface area contributed by atoms with Gasteiger partial charge in [-0.05, 0) is 68.2 Å². The second-order valence-electron chi connectivity index (χ2n) is 11.8. The molecule has 1 heterocycles. The molecular formula is C36H54N4O7. The Balaban J connectivity index is 0.00000181. The molecule has 4 N–H and O–H groups in total. The molecule has 260 valence electrons. The molecule has 1 aliphatic heterocycles. The first-order chi connectivity index (χ1) is 22.7. The molecule has 2 aliphatic rings. The van der Waals surface area contributed by atoms with Crippen LogP contribution in [0.25, 0.3) is 0 Å². The summed E-state index contributed by atoms with van der Waals surface area (Å²) in [5.74, 6) is 0.0885. The Labute approximate surface area is 279 Å². The molecule has 11 heteroatoms. The highest BCUT2D eigenvalue weighted by molar-refractivity contribution is 5.88. The Kier molecular flexibility index (Phi) is 18.8. The number of methoxy groups -OCH3 is 2. The number of carbonyl (C=O) groups is 4. The highest BCUT2D eigenvalue weighted by Gasteiger charge is 2.30. The van der Waals surface area contributed by atoms with Gasteiger partial charge in [0.2, 0.25) is 17.7 Å². The van der Waals surface area contributed by atoms with Crippen LogP contribution in [-0.2, 0) is 30.5 Å². The molecule has 1 unspecified atom stereocenters. The number of carbonyl (C=O) groups excluding carboxylic acids is 4. The number of nitrogens with two attached hydrogens (primary N) is 1. The number of ether oxygens (including phenoxy) is 2. The molecule has 0 saturated carbocycles. The van der Waals surface area contributed by atoms with Crippen LogP contribution in [0.2, 0.25) is 0 Å². The summed E-state index contributed by atoms with van der Waals surface area (Å²) in [6.07, 6.45) is 15.6. The number of nitrogens with one attached hydrogen (secondary N) is 1. The number of hydrogen-bond donors (Lipinski definition) is 3. The number of rotatable bonds is 17. The fourth-order valence-corrected chi connectivity index (χ4v) is 5.40. The van der Waals surface area contributed by atoms with Gasteiger partial charge in [-0.2, -0.15) is 0 Å². The van der Waals surface area contributed by atoms with Gasteiger partial charge in [-0.1, -0.05) is 55.9 Å². The Morgan fingerprint density at radius 3 is 2.55 bits per heavy atom. The van der Waals surface area contributed by atoms with Gasteiger partial charge in [0.25, 0.3) is 6.47 Å². The van der Waals surface area contributed by atoms with E-state index in [-0.39, 0.29) is 43.7 Å². The number of hydrogen-bond acceptors (Lipinski definition) is 8. The van der Waals surface area contributed by atoms with Crippen molar-refractivity contribution in [1.82, 2.24) is 15.1 Å². The summed E-state index contributed by atoms with van der Waals surface area (Å²) in [6.45, 7) is 4.00. The quantitative estimate of drug-likeness (QED) is 0.215. The van der Waals surface area contributed by atoms with Gasteiger partial charge in [0.1, 0.15) is 11.8 Å². The SMILES string of the molecule is CCCCC(=O)NC(CCC(=O)N1CCCCC1)C(=O)N(Cc1cccc(OC)c1)C[C@@H](O)[C@@H](N)CC1=CC=CCC=C1.COC=O. The van der Waals surface area contributed by atoms with Crippen molar-refractivity contribution < 1.29 is 33.8 Å². The molecule has 1 saturated heterocycles. The fraction of sp³-hybridized carbons (Fsp3) is 0.556. The van der Waals surface area contributed by atoms with E-state index >= 15 is 0 Å². The summed E-state index contributed by atoms with van der Waals surface area (Å²) in [6, 6.07) is 5.89. The molecule has 11 nitrogen and oxygen atoms in total. The van der Waals surface area contributed by atoms with E-state index in [0.717, 1.165) is 56.3 Å². The number of nitrogens with zero attached hydrogens (tertiary/aromatic N) is 2. The Hall–Kier alpha value is -3.96. The number of piperidine rings is 1. The van der Waals surface area contributed by atoms with Crippen molar-refractivity contribution in [3.05, 3.63) is 65.8 Å². The van der Waals surface area contributed by atoms with E-state index in [9.17, 15) is 19.5 Å². The maximum atomic E-state index is 14.2. The zero-order chi connectivity index (χ0) is 34.4. The molecule has 3 amide bonds. The summed E-state index contributed by atoms with van der Waals surface area (Å²) in [7, 11) is 2.89. The van der Waals surface area contributed by atoms with Gasteiger partial charge in [-0.3, -0.25) is 19.2 Å². The minimum atomic E-state index is -1.01. The van der Waals surface area contributed by atoms with Crippen molar-refractivity contribution in [2.45, 2.75) is 95.9 Å². The molecular weight excluding hydrogens is 600 g/mol. The van der Waals surface area contributed by atoms with Crippen LogP contribution in [0.5, 0.6) is 5.75 Å². The van der Waals surface area contributed by atoms with Crippen molar-refractivity contribution in [2.75, 3.05) is 33.9 Å². The lowest BCUT2D eigenvalue weighted by Gasteiger charge is -2.32. The zero-order valence-electron chi connectivity index (χ0n) is 28.3. The molecule has 0 spiro atoms. The lowest BCUT2D eigenvalue weighted by Crippen LogP contribution is -2.52. The van der Waals surface area contributed by atoms with Gasteiger partial charge < -0.3 is 35.4 Å². The monoisotopic (exact) mass is 654 g/mol. The van der Waals surface area contributed by atoms with Crippen molar-refractivity contribution in [3.63, 3.8) is 0 Å². The molecule has 1 aromatic carbocycles. The first-order valence-electron chi connectivity index (χ1n) is 16.6. The number of aliphatic hydroxyl groups is 1. The topological polar surface area (TPSA) is 152 Å². The number of likely N-dealkylation sites (tertiary alicyclic amines) is 1. The summed E-state index contributed by atoms with van der Waals surface area (Å²) >= 11 is 0. The smallest absolute Gasteiger partial charge is 0.292 e. The normalized spacial score (nSPS) is 15.9. The third-order valence-corrected chi connectivity index (χ3v) is 8.09. The first-order valence-corrected chi connectivity index (χ1v) is 16.6. The average Bonchev–Trinajstić information content (AvgIpc) is 3.37. The van der Waals surface area contributed by atoms with Crippen LogP contribution in [-0.4, -0.2) is 91.1 Å². The van der Waals surface area contributed by atoms with Gasteiger partial charge in [-0.15, -0.1) is 0 Å². The number of unbranched alkanes of at least 4 members (excludes halogenated alkanes) is 1. The number of aliphatic hydroxyl groups excluding tert-OH is 1. The molecule has 3 rings (SSSR count). The van der Waals surface area contributed by atoms with Crippen LogP contribution in [0.15, 0.2) is 60.2 Å². The molecule has 47 heavy (non-hydrogen) atoms. The number of amides is 3. The molecule has 0 radical (unpaired) electrons. The highest BCUT2D eigenvalue weighted by atomic mass is 16.5. The van der Waals surface area contributed by atoms with Crippen LogP contribution in [0.4, 0.5) is 0 Å². The molecule has 1 aromatic rings. The summed E-state index contributed by atoms with van der Waals surface area (Å²) in [4.78, 5) is 52.3. The van der Waals surface area contributed by atoms with E-state index in [1.807, 2.05) is 66.5 Å². The predicted octanol–water partition coefficient (Wildman–Crippen LogP) is 3.80. The minimum absolute atomic E-state index is 0.000453. The number of allylic oxidation sites excluding steroid dienone is 5. The van der Waals surface area contributed by atoms with Gasteiger partial charge in [0, 0.05) is 45.1 Å². The van der Waals surface area contributed by atoms with Crippen molar-refractivity contribution in [2.24, 2.45) is 5.73 Å². The van der Waals surface area contributed by atoms with E-state index in [4.69, 9.17) is 15.3 Å². The van der Waals surface area contributed by atoms with Crippen LogP contribution < -0.4 is 15.8 Å². The third-order valence-electron chi connectivity index (χ3n) is 8.09. The first kappa shape index (κ1) is 39.2. The van der Waals surface area contributed by atoms with Crippen LogP contribution >= 0.6 is 0 Å². The molecule has 0 aromatic heterocycles. The van der Waals surface area contributed by atoms with Crippen LogP contribution in [0, 0.1) is 0 Å². The van der Waals surface area contributed by atoms with E-state index in [1.54, 1.807) is 12.0 Å². The maximum Gasteiger partial charge on any atom is 0.292 e. The molecule has 1 fully saturated rings. The second-order valence-corrected chi connectivity index (χ2v) is 11.8. The van der Waals surface area contributed by atoms with Crippen molar-refractivity contribution in [3.8, 4) is 5.75 Å². The van der Waals surface area contributed by atoms with E-state index in [1.165, 1.54) is 7.11 Å². The zero-order valence-corrected chi connectivity index (χ0v) is 28.3. The lowest BCUT2D eigenvalue weighted by molar-refractivity contribution is -0.139. The van der Waals surface area contributed by atoms with Crippen molar-refractivity contribution in [1.29, 1.82) is 0 Å². The van der Waals surface area contributed by atoms with E-state index < -0.39 is 18.2 Å². The van der Waals surface area contributed by atoms with E-state index in [2.05, 4.69) is 10.1 Å². The van der Waals surface area contributed by atoms with Gasteiger partial charge in [0.15, 0.2) is 0 Å². The average molecular weight is 655 g/mol. The van der Waals surface area contributed by atoms with Crippen LogP contribution in [0.1, 0.15) is 76.7 Å². The standard InChI is InChI=1S/C34H50N4O5.C2H4O2/c1-3-4-17-32(40)36-30(18-19-33(41)37-20-10-7-11-21-37)34(42)38(24-27-15-12-16-28(22-27)43-2)25-31(39)29(35)23-26-13-8-5-6-9-14-26;1-4-2-3/h5,8-9,12-16,22,29-31,39H,3-4,6-7,10-11,17-21,23-25,35H2,1-2H3,(H,36,40);2H,1H3/t29-,30?,31+;/m0./s1. The predicted molar refractivity (Wildman–Crippen MR) is 182 cm³/mol. The summed E-state index contributed by atoms with van der Waals surface area (Å²) in [5, 5.41) is 14.1. The van der Waals surface area contributed by atoms with E-state index in [0.29, 0.717) is 31.5 Å². The Bertz CT molecular complexity index is 1210. The van der Waals surface area contributed by atoms with Gasteiger partial charge >= 0.3 is 0 Å². The second kappa shape index (κ2) is 22.5. The lowest BCUT2D eigenvalue weighted by atomic mass is 10.00.